The van der Waals surface area contributed by atoms with Crippen LogP contribution < -0.4 is 9.47 Å². The summed E-state index contributed by atoms with van der Waals surface area (Å²) < 4.78 is 12.3. The Labute approximate surface area is 132 Å². The van der Waals surface area contributed by atoms with Crippen molar-refractivity contribution in [2.24, 2.45) is 0 Å². The number of ether oxygens (including phenoxy) is 2. The molecule has 0 aliphatic rings. The molecule has 2 aromatic heterocycles. The van der Waals surface area contributed by atoms with Gasteiger partial charge < -0.3 is 9.47 Å². The van der Waals surface area contributed by atoms with E-state index in [0.29, 0.717) is 18.0 Å². The zero-order valence-corrected chi connectivity index (χ0v) is 13.4. The van der Waals surface area contributed by atoms with Gasteiger partial charge in [0.2, 0.25) is 0 Å². The van der Waals surface area contributed by atoms with Crippen molar-refractivity contribution in [1.82, 2.24) is 20.0 Å². The molecular formula is C15H16N4O2S. The van der Waals surface area contributed by atoms with Gasteiger partial charge in [-0.05, 0) is 25.1 Å². The fourth-order valence-corrected chi connectivity index (χ4v) is 2.88. The third-order valence-electron chi connectivity index (χ3n) is 3.18. The van der Waals surface area contributed by atoms with E-state index in [-0.39, 0.29) is 0 Å². The summed E-state index contributed by atoms with van der Waals surface area (Å²) in [6.07, 6.45) is 1.90. The molecule has 0 unspecified atom stereocenters. The average molecular weight is 316 g/mol. The number of aryl methyl sites for hydroxylation is 1. The van der Waals surface area contributed by atoms with Crippen molar-refractivity contribution in [3.05, 3.63) is 40.5 Å². The summed E-state index contributed by atoms with van der Waals surface area (Å²) in [4.78, 5) is 4.43. The topological polar surface area (TPSA) is 62.1 Å². The Morgan fingerprint density at radius 3 is 2.68 bits per heavy atom. The molecule has 0 saturated carbocycles. The Morgan fingerprint density at radius 1 is 1.18 bits per heavy atom. The van der Waals surface area contributed by atoms with Gasteiger partial charge in [0, 0.05) is 16.6 Å². The summed E-state index contributed by atoms with van der Waals surface area (Å²) in [5.74, 6) is 1.36. The molecular weight excluding hydrogens is 300 g/mol. The number of benzene rings is 1. The van der Waals surface area contributed by atoms with Gasteiger partial charge in [-0.1, -0.05) is 5.21 Å². The number of thiazole rings is 1. The molecule has 0 amide bonds. The van der Waals surface area contributed by atoms with Gasteiger partial charge in [0.05, 0.1) is 27.0 Å². The highest BCUT2D eigenvalue weighted by Gasteiger charge is 2.10. The maximum atomic E-state index is 5.32. The maximum absolute atomic E-state index is 5.32. The Kier molecular flexibility index (Phi) is 4.06. The van der Waals surface area contributed by atoms with Gasteiger partial charge in [0.25, 0.3) is 0 Å². The van der Waals surface area contributed by atoms with Crippen molar-refractivity contribution >= 4 is 11.3 Å². The number of aromatic nitrogens is 4. The fraction of sp³-hybridized carbons (Fsp3) is 0.267. The van der Waals surface area contributed by atoms with E-state index in [1.807, 2.05) is 36.7 Å². The van der Waals surface area contributed by atoms with E-state index in [2.05, 4.69) is 15.3 Å². The van der Waals surface area contributed by atoms with E-state index >= 15 is 0 Å². The SMILES string of the molecule is COc1ccc(-c2cn(Cc3nc(C)cs3)nn2)cc1OC. The lowest BCUT2D eigenvalue weighted by Crippen LogP contribution is -1.99. The van der Waals surface area contributed by atoms with Gasteiger partial charge in [-0.25, -0.2) is 9.67 Å². The minimum Gasteiger partial charge on any atom is -0.493 e. The van der Waals surface area contributed by atoms with Gasteiger partial charge in [0.15, 0.2) is 11.5 Å². The average Bonchev–Trinajstić information content (AvgIpc) is 3.16. The van der Waals surface area contributed by atoms with Crippen molar-refractivity contribution in [2.75, 3.05) is 14.2 Å². The summed E-state index contributed by atoms with van der Waals surface area (Å²) in [7, 11) is 3.23. The Bertz CT molecular complexity index is 781. The molecule has 0 spiro atoms. The van der Waals surface area contributed by atoms with Crippen molar-refractivity contribution in [1.29, 1.82) is 0 Å². The van der Waals surface area contributed by atoms with Crippen molar-refractivity contribution in [3.63, 3.8) is 0 Å². The van der Waals surface area contributed by atoms with Gasteiger partial charge in [-0.15, -0.1) is 16.4 Å². The minimum absolute atomic E-state index is 0.624. The molecule has 22 heavy (non-hydrogen) atoms. The lowest BCUT2D eigenvalue weighted by Gasteiger charge is -2.07. The Morgan fingerprint density at radius 2 is 2.00 bits per heavy atom. The molecule has 7 heteroatoms. The minimum atomic E-state index is 0.624. The van der Waals surface area contributed by atoms with Crippen LogP contribution in [0.5, 0.6) is 11.5 Å². The van der Waals surface area contributed by atoms with Gasteiger partial charge >= 0.3 is 0 Å². The zero-order valence-electron chi connectivity index (χ0n) is 12.6. The van der Waals surface area contributed by atoms with Crippen LogP contribution in [0.1, 0.15) is 10.7 Å². The molecule has 6 nitrogen and oxygen atoms in total. The molecule has 3 aromatic rings. The van der Waals surface area contributed by atoms with Crippen LogP contribution >= 0.6 is 11.3 Å². The standard InChI is InChI=1S/C15H16N4O2S/c1-10-9-22-15(16-10)8-19-7-12(17-18-19)11-4-5-13(20-2)14(6-11)21-3/h4-7,9H,8H2,1-3H3. The summed E-state index contributed by atoms with van der Waals surface area (Å²) in [6.45, 7) is 2.61. The molecule has 114 valence electrons. The van der Waals surface area contributed by atoms with Crippen LogP contribution in [-0.4, -0.2) is 34.2 Å². The lowest BCUT2D eigenvalue weighted by molar-refractivity contribution is 0.355. The number of rotatable bonds is 5. The van der Waals surface area contributed by atoms with E-state index in [1.54, 1.807) is 30.2 Å². The molecule has 0 bridgehead atoms. The van der Waals surface area contributed by atoms with Crippen LogP contribution in [0.2, 0.25) is 0 Å². The maximum Gasteiger partial charge on any atom is 0.161 e. The lowest BCUT2D eigenvalue weighted by atomic mass is 10.1. The number of hydrogen-bond donors (Lipinski definition) is 0. The van der Waals surface area contributed by atoms with Crippen molar-refractivity contribution < 1.29 is 9.47 Å². The smallest absolute Gasteiger partial charge is 0.161 e. The first-order valence-corrected chi connectivity index (χ1v) is 7.61. The molecule has 0 radical (unpaired) electrons. The highest BCUT2D eigenvalue weighted by Crippen LogP contribution is 2.31. The summed E-state index contributed by atoms with van der Waals surface area (Å²) in [5.41, 5.74) is 2.74. The Balaban J connectivity index is 1.84. The molecule has 2 heterocycles. The van der Waals surface area contributed by atoms with E-state index in [1.165, 1.54) is 0 Å². The second kappa shape index (κ2) is 6.15. The highest BCUT2D eigenvalue weighted by atomic mass is 32.1. The molecule has 0 aliphatic heterocycles. The predicted molar refractivity (Wildman–Crippen MR) is 84.5 cm³/mol. The number of nitrogens with zero attached hydrogens (tertiary/aromatic N) is 4. The van der Waals surface area contributed by atoms with Crippen LogP contribution in [-0.2, 0) is 6.54 Å². The van der Waals surface area contributed by atoms with E-state index in [9.17, 15) is 0 Å². The molecule has 1 aromatic carbocycles. The molecule has 0 saturated heterocycles. The van der Waals surface area contributed by atoms with Gasteiger partial charge in [-0.2, -0.15) is 0 Å². The molecule has 0 atom stereocenters. The quantitative estimate of drug-likeness (QED) is 0.724. The van der Waals surface area contributed by atoms with Gasteiger partial charge in [0.1, 0.15) is 10.7 Å². The fourth-order valence-electron chi connectivity index (χ4n) is 2.12. The van der Waals surface area contributed by atoms with E-state index in [0.717, 1.165) is 22.0 Å². The second-order valence-corrected chi connectivity index (χ2v) is 5.70. The third kappa shape index (κ3) is 2.94. The second-order valence-electron chi connectivity index (χ2n) is 4.75. The van der Waals surface area contributed by atoms with Gasteiger partial charge in [-0.3, -0.25) is 0 Å². The number of methoxy groups -OCH3 is 2. The van der Waals surface area contributed by atoms with Crippen LogP contribution in [0.4, 0.5) is 0 Å². The highest BCUT2D eigenvalue weighted by molar-refractivity contribution is 7.09. The summed E-state index contributed by atoms with van der Waals surface area (Å²) >= 11 is 1.62. The number of hydrogen-bond acceptors (Lipinski definition) is 6. The van der Waals surface area contributed by atoms with Crippen LogP contribution in [0, 0.1) is 6.92 Å². The zero-order chi connectivity index (χ0) is 15.5. The molecule has 0 aliphatic carbocycles. The van der Waals surface area contributed by atoms with Crippen LogP contribution in [0.3, 0.4) is 0 Å². The molecule has 0 fully saturated rings. The largest absolute Gasteiger partial charge is 0.493 e. The van der Waals surface area contributed by atoms with E-state index in [4.69, 9.17) is 9.47 Å². The van der Waals surface area contributed by atoms with E-state index < -0.39 is 0 Å². The molecule has 0 N–H and O–H groups in total. The van der Waals surface area contributed by atoms with Crippen LogP contribution in [0.25, 0.3) is 11.3 Å². The first kappa shape index (κ1) is 14.5. The summed E-state index contributed by atoms with van der Waals surface area (Å²) in [5, 5.41) is 11.4. The first-order valence-electron chi connectivity index (χ1n) is 6.73. The normalized spacial score (nSPS) is 10.7. The van der Waals surface area contributed by atoms with Crippen LogP contribution in [0.15, 0.2) is 29.8 Å². The predicted octanol–water partition coefficient (Wildman–Crippen LogP) is 2.78. The van der Waals surface area contributed by atoms with Crippen molar-refractivity contribution in [3.8, 4) is 22.8 Å². The molecule has 3 rings (SSSR count). The Hall–Kier alpha value is -2.41. The third-order valence-corrected chi connectivity index (χ3v) is 4.13. The first-order chi connectivity index (χ1) is 10.7. The summed E-state index contributed by atoms with van der Waals surface area (Å²) in [6, 6.07) is 5.68. The monoisotopic (exact) mass is 316 g/mol. The van der Waals surface area contributed by atoms with Crippen molar-refractivity contribution in [2.45, 2.75) is 13.5 Å².